The third-order valence-electron chi connectivity index (χ3n) is 3.28. The summed E-state index contributed by atoms with van der Waals surface area (Å²) in [7, 11) is -0.855. The maximum atomic E-state index is 12.4. The predicted molar refractivity (Wildman–Crippen MR) is 73.3 cm³/mol. The number of sulfonamides is 1. The first kappa shape index (κ1) is 14.8. The molecule has 1 aromatic rings. The number of nitrogen functional groups attached to an aromatic ring is 1. The first-order chi connectivity index (χ1) is 9.23. The van der Waals surface area contributed by atoms with Gasteiger partial charge in [0.2, 0.25) is 15.9 Å². The molecule has 0 aliphatic heterocycles. The number of amides is 1. The van der Waals surface area contributed by atoms with Gasteiger partial charge in [-0.25, -0.2) is 8.42 Å². The Bertz CT molecular complexity index is 633. The highest BCUT2D eigenvalue weighted by Gasteiger charge is 2.31. The van der Waals surface area contributed by atoms with Crippen molar-refractivity contribution in [2.45, 2.75) is 30.7 Å². The van der Waals surface area contributed by atoms with Crippen molar-refractivity contribution in [3.05, 3.63) is 5.69 Å². The molecule has 0 atom stereocenters. The van der Waals surface area contributed by atoms with Crippen LogP contribution in [0.15, 0.2) is 4.90 Å². The first-order valence-electron chi connectivity index (χ1n) is 6.28. The lowest BCUT2D eigenvalue weighted by molar-refractivity contribution is -0.121. The van der Waals surface area contributed by atoms with E-state index in [0.29, 0.717) is 5.69 Å². The third kappa shape index (κ3) is 2.78. The number of aromatic nitrogens is 2. The summed E-state index contributed by atoms with van der Waals surface area (Å²) in [6, 6.07) is 0.198. The van der Waals surface area contributed by atoms with Gasteiger partial charge in [-0.3, -0.25) is 9.48 Å². The minimum absolute atomic E-state index is 0.0401. The Labute approximate surface area is 118 Å². The first-order valence-corrected chi connectivity index (χ1v) is 7.72. The Morgan fingerprint density at radius 1 is 1.55 bits per heavy atom. The van der Waals surface area contributed by atoms with E-state index in [1.807, 2.05) is 0 Å². The highest BCUT2D eigenvalue weighted by molar-refractivity contribution is 7.89. The van der Waals surface area contributed by atoms with E-state index in [1.165, 1.54) is 11.7 Å². The molecule has 0 radical (unpaired) electrons. The number of hydrogen-bond acceptors (Lipinski definition) is 5. The van der Waals surface area contributed by atoms with E-state index in [4.69, 9.17) is 5.73 Å². The lowest BCUT2D eigenvalue weighted by Crippen LogP contribution is -2.39. The van der Waals surface area contributed by atoms with Crippen molar-refractivity contribution < 1.29 is 13.2 Å². The Kier molecular flexibility index (Phi) is 3.74. The Morgan fingerprint density at radius 3 is 2.60 bits per heavy atom. The molecule has 20 heavy (non-hydrogen) atoms. The number of hydrogen-bond donors (Lipinski definition) is 2. The van der Waals surface area contributed by atoms with Gasteiger partial charge in [0.1, 0.15) is 4.90 Å². The normalized spacial score (nSPS) is 15.6. The quantitative estimate of drug-likeness (QED) is 0.740. The molecule has 2 rings (SSSR count). The van der Waals surface area contributed by atoms with Crippen LogP contribution in [0.3, 0.4) is 0 Å². The fourth-order valence-corrected chi connectivity index (χ4v) is 3.29. The number of likely N-dealkylation sites (N-methyl/N-ethyl adjacent to an activating group) is 1. The molecule has 0 saturated heterocycles. The summed E-state index contributed by atoms with van der Waals surface area (Å²) in [6.07, 6.45) is 1.91. The number of nitrogens with two attached hydrogens (primary N) is 1. The number of nitrogens with zero attached hydrogens (tertiary/aromatic N) is 3. The van der Waals surface area contributed by atoms with Crippen LogP contribution in [0.5, 0.6) is 0 Å². The number of carbonyl (C=O) groups excluding carboxylic acids is 1. The summed E-state index contributed by atoms with van der Waals surface area (Å²) in [5.74, 6) is -0.363. The third-order valence-corrected chi connectivity index (χ3v) is 5.25. The van der Waals surface area contributed by atoms with Crippen LogP contribution >= 0.6 is 0 Å². The lowest BCUT2D eigenvalue weighted by Gasteiger charge is -2.16. The summed E-state index contributed by atoms with van der Waals surface area (Å²) < 4.78 is 27.3. The minimum atomic E-state index is -3.83. The SMILES string of the molecule is Cc1c(S(=O)(=O)N(C)CC(=O)NC2CC2)c(N)nn1C. The van der Waals surface area contributed by atoms with Gasteiger partial charge in [0.15, 0.2) is 5.82 Å². The fraction of sp³-hybridized carbons (Fsp3) is 0.636. The van der Waals surface area contributed by atoms with Crippen LogP contribution in [-0.2, 0) is 21.9 Å². The van der Waals surface area contributed by atoms with Crippen LogP contribution in [0.2, 0.25) is 0 Å². The molecular formula is C11H19N5O3S. The summed E-state index contributed by atoms with van der Waals surface area (Å²) in [6.45, 7) is 1.39. The molecule has 1 aromatic heterocycles. The van der Waals surface area contributed by atoms with Gasteiger partial charge < -0.3 is 11.1 Å². The molecule has 0 bridgehead atoms. The summed E-state index contributed by atoms with van der Waals surface area (Å²) in [5, 5.41) is 6.63. The zero-order valence-electron chi connectivity index (χ0n) is 11.8. The maximum Gasteiger partial charge on any atom is 0.248 e. The van der Waals surface area contributed by atoms with Gasteiger partial charge in [-0.2, -0.15) is 9.40 Å². The lowest BCUT2D eigenvalue weighted by atomic mass is 10.5. The largest absolute Gasteiger partial charge is 0.381 e. The van der Waals surface area contributed by atoms with E-state index in [9.17, 15) is 13.2 Å². The summed E-state index contributed by atoms with van der Waals surface area (Å²) in [5.41, 5.74) is 6.09. The van der Waals surface area contributed by atoms with E-state index < -0.39 is 10.0 Å². The Balaban J connectivity index is 2.18. The molecular weight excluding hydrogens is 282 g/mol. The molecule has 0 unspecified atom stereocenters. The molecule has 0 spiro atoms. The number of aryl methyl sites for hydroxylation is 1. The van der Waals surface area contributed by atoms with Gasteiger partial charge in [0.25, 0.3) is 0 Å². The molecule has 0 aromatic carbocycles. The summed E-state index contributed by atoms with van der Waals surface area (Å²) in [4.78, 5) is 11.6. The van der Waals surface area contributed by atoms with Crippen LogP contribution in [0, 0.1) is 6.92 Å². The van der Waals surface area contributed by atoms with E-state index in [1.54, 1.807) is 14.0 Å². The van der Waals surface area contributed by atoms with E-state index in [-0.39, 0.29) is 29.2 Å². The second-order valence-electron chi connectivity index (χ2n) is 5.03. The van der Waals surface area contributed by atoms with Gasteiger partial charge in [0, 0.05) is 20.1 Å². The molecule has 112 valence electrons. The van der Waals surface area contributed by atoms with E-state index >= 15 is 0 Å². The highest BCUT2D eigenvalue weighted by Crippen LogP contribution is 2.24. The molecule has 1 amide bonds. The predicted octanol–water partition coefficient (Wildman–Crippen LogP) is -0.790. The van der Waals surface area contributed by atoms with Crippen molar-refractivity contribution in [3.63, 3.8) is 0 Å². The molecule has 1 aliphatic carbocycles. The van der Waals surface area contributed by atoms with Crippen molar-refractivity contribution in [1.29, 1.82) is 0 Å². The average molecular weight is 301 g/mol. The van der Waals surface area contributed by atoms with Crippen molar-refractivity contribution in [2.75, 3.05) is 19.3 Å². The zero-order chi connectivity index (χ0) is 15.1. The Morgan fingerprint density at radius 2 is 2.15 bits per heavy atom. The summed E-state index contributed by atoms with van der Waals surface area (Å²) >= 11 is 0. The zero-order valence-corrected chi connectivity index (χ0v) is 12.6. The fourth-order valence-electron chi connectivity index (χ4n) is 1.88. The molecule has 9 heteroatoms. The second kappa shape index (κ2) is 5.06. The van der Waals surface area contributed by atoms with E-state index in [0.717, 1.165) is 17.1 Å². The number of nitrogens with one attached hydrogen (secondary N) is 1. The van der Waals surface area contributed by atoms with Gasteiger partial charge in [-0.15, -0.1) is 0 Å². The van der Waals surface area contributed by atoms with Gasteiger partial charge in [-0.1, -0.05) is 0 Å². The van der Waals surface area contributed by atoms with E-state index in [2.05, 4.69) is 10.4 Å². The second-order valence-corrected chi connectivity index (χ2v) is 7.01. The van der Waals surface area contributed by atoms with Crippen molar-refractivity contribution in [1.82, 2.24) is 19.4 Å². The molecule has 1 aliphatic rings. The van der Waals surface area contributed by atoms with Crippen LogP contribution in [0.4, 0.5) is 5.82 Å². The maximum absolute atomic E-state index is 12.4. The van der Waals surface area contributed by atoms with Crippen LogP contribution in [0.25, 0.3) is 0 Å². The van der Waals surface area contributed by atoms with Crippen LogP contribution < -0.4 is 11.1 Å². The number of carbonyl (C=O) groups is 1. The monoisotopic (exact) mass is 301 g/mol. The van der Waals surface area contributed by atoms with Gasteiger partial charge in [0.05, 0.1) is 12.2 Å². The van der Waals surface area contributed by atoms with Gasteiger partial charge >= 0.3 is 0 Å². The van der Waals surface area contributed by atoms with Crippen LogP contribution in [-0.4, -0.2) is 48.0 Å². The molecule has 8 nitrogen and oxygen atoms in total. The molecule has 1 fully saturated rings. The van der Waals surface area contributed by atoms with Crippen molar-refractivity contribution >= 4 is 21.7 Å². The number of anilines is 1. The molecule has 3 N–H and O–H groups in total. The topological polar surface area (TPSA) is 110 Å². The minimum Gasteiger partial charge on any atom is -0.381 e. The van der Waals surface area contributed by atoms with Gasteiger partial charge in [-0.05, 0) is 19.8 Å². The standard InChI is InChI=1S/C11H19N5O3S/c1-7-10(11(12)14-16(7)3)20(18,19)15(2)6-9(17)13-8-4-5-8/h8H,4-6H2,1-3H3,(H2,12,14)(H,13,17). The smallest absolute Gasteiger partial charge is 0.248 e. The molecule has 1 heterocycles. The van der Waals surface area contributed by atoms with Crippen molar-refractivity contribution in [3.8, 4) is 0 Å². The Hall–Kier alpha value is -1.61. The average Bonchev–Trinajstić information content (AvgIpc) is 3.07. The highest BCUT2D eigenvalue weighted by atomic mass is 32.2. The van der Waals surface area contributed by atoms with Crippen molar-refractivity contribution in [2.24, 2.45) is 7.05 Å². The van der Waals surface area contributed by atoms with Crippen LogP contribution in [0.1, 0.15) is 18.5 Å². The number of rotatable bonds is 5. The molecule has 1 saturated carbocycles.